The van der Waals surface area contributed by atoms with E-state index >= 15 is 4.39 Å². The number of likely N-dealkylation sites (tertiary alicyclic amines) is 1. The highest BCUT2D eigenvalue weighted by Gasteiger charge is 2.68. The summed E-state index contributed by atoms with van der Waals surface area (Å²) in [6.45, 7) is 4.48. The molecule has 2 aromatic heterocycles. The Balaban J connectivity index is 0.926. The lowest BCUT2D eigenvalue weighted by Crippen LogP contribution is -2.68. The zero-order valence-electron chi connectivity index (χ0n) is 26.8. The van der Waals surface area contributed by atoms with Crippen LogP contribution >= 0.6 is 11.3 Å². The molecule has 4 aromatic rings. The van der Waals surface area contributed by atoms with Crippen LogP contribution in [0.1, 0.15) is 77.4 Å². The third kappa shape index (κ3) is 4.84. The highest BCUT2D eigenvalue weighted by Crippen LogP contribution is 2.73. The predicted octanol–water partition coefficient (Wildman–Crippen LogP) is 5.55. The number of halogens is 1. The summed E-state index contributed by atoms with van der Waals surface area (Å²) in [6, 6.07) is 10.8. The summed E-state index contributed by atoms with van der Waals surface area (Å²) in [5.74, 6) is -0.754. The normalized spacial score (nSPS) is 25.4. The lowest BCUT2D eigenvalue weighted by atomic mass is 9.33. The topological polar surface area (TPSA) is 104 Å². The van der Waals surface area contributed by atoms with Gasteiger partial charge in [0.1, 0.15) is 5.82 Å². The van der Waals surface area contributed by atoms with E-state index in [2.05, 4.69) is 44.5 Å². The summed E-state index contributed by atoms with van der Waals surface area (Å²) in [4.78, 5) is 40.6. The summed E-state index contributed by atoms with van der Waals surface area (Å²) in [5, 5.41) is 14.5. The van der Waals surface area contributed by atoms with Gasteiger partial charge in [0, 0.05) is 48.1 Å². The van der Waals surface area contributed by atoms with Crippen LogP contribution in [0.4, 0.5) is 9.52 Å². The van der Waals surface area contributed by atoms with Crippen molar-refractivity contribution in [2.24, 2.45) is 11.3 Å². The van der Waals surface area contributed by atoms with Crippen molar-refractivity contribution in [3.05, 3.63) is 88.2 Å². The smallest absolute Gasteiger partial charge is 0.255 e. The largest absolute Gasteiger partial charge is 0.396 e. The van der Waals surface area contributed by atoms with Crippen molar-refractivity contribution in [1.82, 2.24) is 24.3 Å². The number of piperidine rings is 1. The molecular weight excluding hydrogens is 628 g/mol. The molecule has 3 aliphatic heterocycles. The van der Waals surface area contributed by atoms with Crippen molar-refractivity contribution in [3.8, 4) is 11.1 Å². The molecule has 3 aliphatic carbocycles. The molecule has 10 rings (SSSR count). The number of nitrogens with one attached hydrogen (secondary N) is 1. The first kappa shape index (κ1) is 30.2. The number of nitrogens with zero attached hydrogens (tertiary/aromatic N) is 5. The minimum Gasteiger partial charge on any atom is -0.396 e. The molecule has 9 nitrogen and oxygen atoms in total. The molecule has 11 heteroatoms. The van der Waals surface area contributed by atoms with Gasteiger partial charge < -0.3 is 19.5 Å². The number of benzene rings is 2. The maximum Gasteiger partial charge on any atom is 0.255 e. The van der Waals surface area contributed by atoms with Gasteiger partial charge in [0.05, 0.1) is 18.6 Å². The second kappa shape index (κ2) is 11.3. The minimum absolute atomic E-state index is 0.00874. The van der Waals surface area contributed by atoms with Crippen LogP contribution in [0.5, 0.6) is 0 Å². The first-order chi connectivity index (χ1) is 23.3. The van der Waals surface area contributed by atoms with E-state index in [1.807, 2.05) is 4.57 Å². The Morgan fingerprint density at radius 1 is 1.08 bits per heavy atom. The maximum atomic E-state index is 15.8. The van der Waals surface area contributed by atoms with Crippen molar-refractivity contribution in [2.45, 2.75) is 69.5 Å². The van der Waals surface area contributed by atoms with Gasteiger partial charge in [-0.1, -0.05) is 24.3 Å². The second-order valence-electron chi connectivity index (χ2n) is 14.8. The van der Waals surface area contributed by atoms with E-state index < -0.39 is 17.8 Å². The highest BCUT2D eigenvalue weighted by molar-refractivity contribution is 7.13. The molecule has 1 unspecified atom stereocenters. The average Bonchev–Trinajstić information content (AvgIpc) is 3.87. The molecule has 2 aromatic carbocycles. The number of aryl methyl sites for hydroxylation is 1. The number of thiazole rings is 1. The molecule has 1 atom stereocenters. The molecule has 5 heterocycles. The quantitative estimate of drug-likeness (QED) is 0.243. The van der Waals surface area contributed by atoms with Crippen LogP contribution in [0.3, 0.4) is 0 Å². The van der Waals surface area contributed by atoms with Gasteiger partial charge >= 0.3 is 0 Å². The lowest BCUT2D eigenvalue weighted by molar-refractivity contribution is -0.158. The van der Waals surface area contributed by atoms with Gasteiger partial charge in [-0.25, -0.2) is 14.4 Å². The van der Waals surface area contributed by atoms with E-state index in [9.17, 15) is 14.7 Å². The van der Waals surface area contributed by atoms with E-state index in [0.29, 0.717) is 45.5 Å². The summed E-state index contributed by atoms with van der Waals surface area (Å²) in [7, 11) is 0. The Labute approximate surface area is 282 Å². The number of amides is 2. The van der Waals surface area contributed by atoms with Gasteiger partial charge in [0.15, 0.2) is 11.2 Å². The van der Waals surface area contributed by atoms with Crippen LogP contribution in [0, 0.1) is 17.2 Å². The summed E-state index contributed by atoms with van der Waals surface area (Å²) < 4.78 is 17.8. The van der Waals surface area contributed by atoms with E-state index in [4.69, 9.17) is 0 Å². The van der Waals surface area contributed by atoms with Crippen LogP contribution in [0.2, 0.25) is 0 Å². The van der Waals surface area contributed by atoms with Crippen LogP contribution in [0.25, 0.3) is 11.1 Å². The zero-order chi connectivity index (χ0) is 32.6. The van der Waals surface area contributed by atoms with Gasteiger partial charge in [-0.3, -0.25) is 14.9 Å². The van der Waals surface area contributed by atoms with Gasteiger partial charge in [0.2, 0.25) is 0 Å². The first-order valence-corrected chi connectivity index (χ1v) is 18.0. The monoisotopic (exact) mass is 666 g/mol. The molecule has 4 fully saturated rings. The summed E-state index contributed by atoms with van der Waals surface area (Å²) in [6.07, 6.45) is 10.9. The number of imidazole rings is 1. The summed E-state index contributed by atoms with van der Waals surface area (Å²) in [5.41, 5.74) is 5.64. The molecule has 2 bridgehead atoms. The van der Waals surface area contributed by atoms with Gasteiger partial charge in [-0.05, 0) is 104 Å². The van der Waals surface area contributed by atoms with E-state index in [1.54, 1.807) is 24.0 Å². The van der Waals surface area contributed by atoms with Crippen molar-refractivity contribution in [3.63, 3.8) is 0 Å². The number of aliphatic hydroxyl groups excluding tert-OH is 1. The van der Waals surface area contributed by atoms with Crippen molar-refractivity contribution >= 4 is 28.3 Å². The molecular formula is C37H39FN6O3S. The van der Waals surface area contributed by atoms with Crippen LogP contribution in [0.15, 0.2) is 54.3 Å². The average molecular weight is 667 g/mol. The maximum absolute atomic E-state index is 15.8. The number of hydrogen-bond donors (Lipinski definition) is 2. The van der Waals surface area contributed by atoms with Gasteiger partial charge in [-0.15, -0.1) is 11.3 Å². The highest BCUT2D eigenvalue weighted by atomic mass is 32.1. The number of anilines is 1. The third-order valence-corrected chi connectivity index (χ3v) is 12.5. The number of rotatable bonds is 9. The first-order valence-electron chi connectivity index (χ1n) is 17.2. The fourth-order valence-electron chi connectivity index (χ4n) is 9.46. The number of hydrogen-bond acceptors (Lipinski definition) is 7. The van der Waals surface area contributed by atoms with Gasteiger partial charge in [0.25, 0.3) is 11.8 Å². The number of fused-ring (bicyclic) bond motifs is 2. The molecule has 2 amide bonds. The van der Waals surface area contributed by atoms with Gasteiger partial charge in [-0.2, -0.15) is 0 Å². The molecule has 2 N–H and O–H groups in total. The Hall–Kier alpha value is -3.93. The number of aliphatic hydroxyl groups is 1. The molecule has 0 spiro atoms. The van der Waals surface area contributed by atoms with Crippen molar-refractivity contribution < 1.29 is 19.1 Å². The SMILES string of the molecule is O=C(Nc1nccs1)C(c1ncn2c1CCC2)N1Cc2c(F)cc(-c3ccc(C45CC(CN6CCC(CO)CC6)(C4)C5)cc3)cc2C1=O. The molecule has 0 radical (unpaired) electrons. The summed E-state index contributed by atoms with van der Waals surface area (Å²) >= 11 is 1.30. The molecule has 3 saturated carbocycles. The van der Waals surface area contributed by atoms with E-state index in [1.165, 1.54) is 53.7 Å². The Bertz CT molecular complexity index is 1880. The van der Waals surface area contributed by atoms with E-state index in [-0.39, 0.29) is 17.9 Å². The van der Waals surface area contributed by atoms with Crippen LogP contribution in [-0.2, 0) is 29.7 Å². The standard InChI is InChI=1S/C37H39FN6O3S/c38-29-15-25(24-3-5-26(6-4-24)37-18-36(19-37,20-37)21-42-11-7-23(17-45)8-12-42)14-27-28(29)16-44(34(27)47)32(33(46)41-35-39-9-13-48-35)31-30-2-1-10-43(30)22-40-31/h3-6,9,13-15,22-23,32,45H,1-2,7-8,10-12,16-21H2,(H,39,41,46). The fourth-order valence-corrected chi connectivity index (χ4v) is 9.99. The predicted molar refractivity (Wildman–Crippen MR) is 180 cm³/mol. The Morgan fingerprint density at radius 2 is 1.88 bits per heavy atom. The molecule has 6 aliphatic rings. The third-order valence-electron chi connectivity index (χ3n) is 11.8. The molecule has 248 valence electrons. The van der Waals surface area contributed by atoms with E-state index in [0.717, 1.165) is 56.6 Å². The van der Waals surface area contributed by atoms with Crippen molar-refractivity contribution in [1.29, 1.82) is 0 Å². The second-order valence-corrected chi connectivity index (χ2v) is 15.7. The molecule has 48 heavy (non-hydrogen) atoms. The Kier molecular flexibility index (Phi) is 7.11. The number of carbonyl (C=O) groups excluding carboxylic acids is 2. The van der Waals surface area contributed by atoms with Crippen LogP contribution < -0.4 is 5.32 Å². The minimum atomic E-state index is -1.01. The van der Waals surface area contributed by atoms with Crippen molar-refractivity contribution in [2.75, 3.05) is 31.6 Å². The number of aromatic nitrogens is 3. The van der Waals surface area contributed by atoms with Crippen LogP contribution in [-0.4, -0.2) is 67.5 Å². The zero-order valence-corrected chi connectivity index (χ0v) is 27.6. The molecule has 1 saturated heterocycles. The Morgan fingerprint density at radius 3 is 2.60 bits per heavy atom. The fraction of sp³-hybridized carbons (Fsp3) is 0.459. The number of carbonyl (C=O) groups is 2. The lowest BCUT2D eigenvalue weighted by Gasteiger charge is -2.72.